The molecule has 0 aliphatic carbocycles. The first-order valence-electron chi connectivity index (χ1n) is 9.72. The second kappa shape index (κ2) is 9.69. The van der Waals surface area contributed by atoms with Crippen molar-refractivity contribution in [1.29, 1.82) is 0 Å². The molecule has 0 atom stereocenters. The Morgan fingerprint density at radius 1 is 1.00 bits per heavy atom. The van der Waals surface area contributed by atoms with Crippen molar-refractivity contribution in [1.82, 2.24) is 9.80 Å². The lowest BCUT2D eigenvalue weighted by Crippen LogP contribution is -2.50. The normalized spacial score (nSPS) is 14.4. The first-order chi connectivity index (χ1) is 14.5. The Kier molecular flexibility index (Phi) is 6.79. The van der Waals surface area contributed by atoms with Crippen LogP contribution in [0, 0.1) is 10.1 Å². The van der Waals surface area contributed by atoms with E-state index < -0.39 is 4.92 Å². The number of ether oxygens (including phenoxy) is 1. The molecule has 1 saturated heterocycles. The summed E-state index contributed by atoms with van der Waals surface area (Å²) in [6.45, 7) is 3.69. The molecule has 2 aromatic carbocycles. The Hall–Kier alpha value is -3.68. The van der Waals surface area contributed by atoms with Crippen LogP contribution in [-0.2, 0) is 9.53 Å². The van der Waals surface area contributed by atoms with Crippen LogP contribution in [0.5, 0.6) is 0 Å². The van der Waals surface area contributed by atoms with Gasteiger partial charge >= 0.3 is 6.09 Å². The van der Waals surface area contributed by atoms with Gasteiger partial charge in [-0.05, 0) is 36.3 Å². The van der Waals surface area contributed by atoms with Crippen molar-refractivity contribution in [3.8, 4) is 0 Å². The minimum atomic E-state index is -0.459. The molecule has 1 aliphatic rings. The number of carbonyl (C=O) groups is 2. The van der Waals surface area contributed by atoms with E-state index in [1.165, 1.54) is 12.1 Å². The Bertz CT molecular complexity index is 933. The fourth-order valence-corrected chi connectivity index (χ4v) is 3.22. The third-order valence-electron chi connectivity index (χ3n) is 4.82. The van der Waals surface area contributed by atoms with E-state index in [2.05, 4.69) is 0 Å². The summed E-state index contributed by atoms with van der Waals surface area (Å²) in [6.07, 6.45) is 1.37. The Labute approximate surface area is 174 Å². The Morgan fingerprint density at radius 2 is 1.60 bits per heavy atom. The summed E-state index contributed by atoms with van der Waals surface area (Å²) in [6, 6.07) is 15.3. The molecule has 0 bridgehead atoms. The molecule has 3 rings (SSSR count). The molecule has 0 radical (unpaired) electrons. The fourth-order valence-electron chi connectivity index (χ4n) is 3.22. The summed E-state index contributed by atoms with van der Waals surface area (Å²) >= 11 is 0. The van der Waals surface area contributed by atoms with E-state index in [9.17, 15) is 19.7 Å². The van der Waals surface area contributed by atoms with Crippen LogP contribution >= 0.6 is 0 Å². The number of hydrogen-bond acceptors (Lipinski definition) is 5. The monoisotopic (exact) mass is 409 g/mol. The van der Waals surface area contributed by atoms with Gasteiger partial charge in [0.25, 0.3) is 11.6 Å². The largest absolute Gasteiger partial charge is 0.450 e. The van der Waals surface area contributed by atoms with Crippen LogP contribution in [0.1, 0.15) is 18.1 Å². The van der Waals surface area contributed by atoms with Gasteiger partial charge in [0.1, 0.15) is 0 Å². The summed E-state index contributed by atoms with van der Waals surface area (Å²) in [7, 11) is 0. The maximum Gasteiger partial charge on any atom is 0.409 e. The molecule has 1 heterocycles. The highest BCUT2D eigenvalue weighted by Gasteiger charge is 2.27. The maximum absolute atomic E-state index is 13.3. The molecule has 2 aromatic rings. The molecule has 2 amide bonds. The topological polar surface area (TPSA) is 93.0 Å². The molecule has 1 aliphatic heterocycles. The minimum Gasteiger partial charge on any atom is -0.450 e. The molecule has 0 saturated carbocycles. The van der Waals surface area contributed by atoms with E-state index in [0.717, 1.165) is 5.56 Å². The van der Waals surface area contributed by atoms with Crippen molar-refractivity contribution in [2.75, 3.05) is 32.8 Å². The molecule has 1 fully saturated rings. The number of hydrogen-bond donors (Lipinski definition) is 0. The van der Waals surface area contributed by atoms with Crippen molar-refractivity contribution in [2.45, 2.75) is 6.92 Å². The molecule has 0 aromatic heterocycles. The van der Waals surface area contributed by atoms with Crippen LogP contribution in [0.4, 0.5) is 10.5 Å². The Morgan fingerprint density at radius 3 is 2.17 bits per heavy atom. The number of rotatable bonds is 5. The van der Waals surface area contributed by atoms with Crippen LogP contribution in [0.3, 0.4) is 0 Å². The lowest BCUT2D eigenvalue weighted by molar-refractivity contribution is -0.384. The highest BCUT2D eigenvalue weighted by molar-refractivity contribution is 6.24. The molecular formula is C22H23N3O5. The van der Waals surface area contributed by atoms with Crippen LogP contribution < -0.4 is 0 Å². The van der Waals surface area contributed by atoms with Gasteiger partial charge in [-0.3, -0.25) is 14.9 Å². The molecule has 156 valence electrons. The highest BCUT2D eigenvalue weighted by atomic mass is 16.6. The van der Waals surface area contributed by atoms with Gasteiger partial charge in [0.15, 0.2) is 0 Å². The first-order valence-corrected chi connectivity index (χ1v) is 9.72. The Balaban J connectivity index is 1.82. The molecule has 30 heavy (non-hydrogen) atoms. The van der Waals surface area contributed by atoms with E-state index in [0.29, 0.717) is 43.9 Å². The number of benzene rings is 2. The maximum atomic E-state index is 13.3. The number of piperazine rings is 1. The third kappa shape index (κ3) is 5.02. The zero-order chi connectivity index (χ0) is 21.5. The van der Waals surface area contributed by atoms with Crippen molar-refractivity contribution >= 4 is 29.3 Å². The summed E-state index contributed by atoms with van der Waals surface area (Å²) in [5, 5.41) is 10.9. The van der Waals surface area contributed by atoms with Gasteiger partial charge in [-0.15, -0.1) is 0 Å². The fraction of sp³-hybridized carbons (Fsp3) is 0.273. The molecule has 8 nitrogen and oxygen atoms in total. The van der Waals surface area contributed by atoms with Gasteiger partial charge < -0.3 is 14.5 Å². The van der Waals surface area contributed by atoms with E-state index >= 15 is 0 Å². The number of nitro groups is 1. The number of carbonyl (C=O) groups excluding carboxylic acids is 2. The van der Waals surface area contributed by atoms with Crippen molar-refractivity contribution in [2.24, 2.45) is 0 Å². The quantitative estimate of drug-likeness (QED) is 0.326. The van der Waals surface area contributed by atoms with Gasteiger partial charge in [0, 0.05) is 43.9 Å². The van der Waals surface area contributed by atoms with Crippen molar-refractivity contribution in [3.63, 3.8) is 0 Å². The molecule has 8 heteroatoms. The zero-order valence-corrected chi connectivity index (χ0v) is 16.7. The lowest BCUT2D eigenvalue weighted by atomic mass is 10.0. The summed E-state index contributed by atoms with van der Waals surface area (Å²) in [5.74, 6) is -0.150. The molecule has 0 spiro atoms. The van der Waals surface area contributed by atoms with Gasteiger partial charge in [-0.25, -0.2) is 4.79 Å². The average molecular weight is 409 g/mol. The number of non-ortho nitro benzene ring substituents is 1. The highest BCUT2D eigenvalue weighted by Crippen LogP contribution is 2.23. The predicted octanol–water partition coefficient (Wildman–Crippen LogP) is 3.44. The predicted molar refractivity (Wildman–Crippen MR) is 113 cm³/mol. The second-order valence-electron chi connectivity index (χ2n) is 6.75. The standard InChI is InChI=1S/C22H23N3O5/c1-2-30-22(27)24-14-12-23(13-15-24)21(26)20(18-6-4-3-5-7-18)16-17-8-10-19(11-9-17)25(28)29/h3-11,16H,2,12-15H2,1H3/b20-16+. The van der Waals surface area contributed by atoms with Crippen molar-refractivity contribution in [3.05, 3.63) is 75.8 Å². The third-order valence-corrected chi connectivity index (χ3v) is 4.82. The van der Waals surface area contributed by atoms with Gasteiger partial charge in [0.05, 0.1) is 11.5 Å². The SMILES string of the molecule is CCOC(=O)N1CCN(C(=O)/C(=C/c2ccc([N+](=O)[O-])cc2)c2ccccc2)CC1. The summed E-state index contributed by atoms with van der Waals surface area (Å²) < 4.78 is 5.02. The van der Waals surface area contributed by atoms with Gasteiger partial charge in [0.2, 0.25) is 0 Å². The van der Waals surface area contributed by atoms with Crippen LogP contribution in [0.2, 0.25) is 0 Å². The minimum absolute atomic E-state index is 0.00479. The first kappa shape index (κ1) is 21.0. The van der Waals surface area contributed by atoms with Crippen LogP contribution in [-0.4, -0.2) is 59.5 Å². The van der Waals surface area contributed by atoms with E-state index in [4.69, 9.17) is 4.74 Å². The smallest absolute Gasteiger partial charge is 0.409 e. The summed E-state index contributed by atoms with van der Waals surface area (Å²) in [5.41, 5.74) is 1.94. The van der Waals surface area contributed by atoms with Crippen LogP contribution in [0.15, 0.2) is 54.6 Å². The molecule has 0 unspecified atom stereocenters. The van der Waals surface area contributed by atoms with E-state index in [1.807, 2.05) is 30.3 Å². The van der Waals surface area contributed by atoms with Crippen molar-refractivity contribution < 1.29 is 19.2 Å². The number of amides is 2. The van der Waals surface area contributed by atoms with E-state index in [-0.39, 0.29) is 17.7 Å². The van der Waals surface area contributed by atoms with Crippen LogP contribution in [0.25, 0.3) is 11.6 Å². The van der Waals surface area contributed by atoms with E-state index in [1.54, 1.807) is 34.9 Å². The molecule has 0 N–H and O–H groups in total. The van der Waals surface area contributed by atoms with Gasteiger partial charge in [-0.1, -0.05) is 30.3 Å². The second-order valence-corrected chi connectivity index (χ2v) is 6.75. The summed E-state index contributed by atoms with van der Waals surface area (Å²) in [4.78, 5) is 38.9. The number of nitrogens with zero attached hydrogens (tertiary/aromatic N) is 3. The zero-order valence-electron chi connectivity index (χ0n) is 16.7. The van der Waals surface area contributed by atoms with Gasteiger partial charge in [-0.2, -0.15) is 0 Å². The molecular weight excluding hydrogens is 386 g/mol. The average Bonchev–Trinajstić information content (AvgIpc) is 2.78. The number of nitro benzene ring substituents is 1. The lowest BCUT2D eigenvalue weighted by Gasteiger charge is -2.34.